The number of oxazole rings is 1. The largest absolute Gasteiger partial charge is 0.436 e. The number of benzene rings is 1. The molecule has 4 heterocycles. The predicted octanol–water partition coefficient (Wildman–Crippen LogP) is 4.76. The van der Waals surface area contributed by atoms with Gasteiger partial charge in [0.1, 0.15) is 5.82 Å². The van der Waals surface area contributed by atoms with Crippen LogP contribution in [0.2, 0.25) is 0 Å². The fourth-order valence-electron chi connectivity index (χ4n) is 3.58. The minimum atomic E-state index is -0.469. The highest BCUT2D eigenvalue weighted by molar-refractivity contribution is 6.03. The molecule has 5 aromatic rings. The van der Waals surface area contributed by atoms with Gasteiger partial charge in [-0.2, -0.15) is 0 Å². The third kappa shape index (κ3) is 3.96. The van der Waals surface area contributed by atoms with E-state index in [9.17, 15) is 9.18 Å². The number of aromatic nitrogens is 5. The van der Waals surface area contributed by atoms with E-state index in [-0.39, 0.29) is 11.3 Å². The quantitative estimate of drug-likeness (QED) is 0.431. The van der Waals surface area contributed by atoms with E-state index in [0.29, 0.717) is 28.7 Å². The summed E-state index contributed by atoms with van der Waals surface area (Å²) in [7, 11) is 0. The number of hydrogen-bond acceptors (Lipinski definition) is 6. The van der Waals surface area contributed by atoms with Crippen molar-refractivity contribution in [2.24, 2.45) is 0 Å². The van der Waals surface area contributed by atoms with Gasteiger partial charge in [0, 0.05) is 48.0 Å². The number of amides is 1. The summed E-state index contributed by atoms with van der Waals surface area (Å²) in [6, 6.07) is 10.0. The van der Waals surface area contributed by atoms with E-state index in [4.69, 9.17) is 4.42 Å². The molecule has 0 saturated carbocycles. The molecular weight excluding hydrogens is 423 g/mol. The summed E-state index contributed by atoms with van der Waals surface area (Å²) in [6.45, 7) is 5.27. The highest BCUT2D eigenvalue weighted by atomic mass is 19.1. The lowest BCUT2D eigenvalue weighted by atomic mass is 10.1. The number of hydrogen-bond donors (Lipinski definition) is 1. The van der Waals surface area contributed by atoms with Gasteiger partial charge in [-0.1, -0.05) is 6.07 Å². The minimum absolute atomic E-state index is 0.118. The normalized spacial score (nSPS) is 11.2. The van der Waals surface area contributed by atoms with Gasteiger partial charge in [0.15, 0.2) is 5.89 Å². The summed E-state index contributed by atoms with van der Waals surface area (Å²) in [5, 5.41) is 2.72. The molecule has 0 fully saturated rings. The molecule has 0 atom stereocenters. The lowest BCUT2D eigenvalue weighted by Crippen LogP contribution is -2.12. The molecule has 4 aromatic heterocycles. The van der Waals surface area contributed by atoms with Gasteiger partial charge in [-0.3, -0.25) is 14.2 Å². The van der Waals surface area contributed by atoms with Gasteiger partial charge >= 0.3 is 0 Å². The summed E-state index contributed by atoms with van der Waals surface area (Å²) >= 11 is 0. The molecule has 1 amide bonds. The maximum absolute atomic E-state index is 14.7. The van der Waals surface area contributed by atoms with E-state index in [1.807, 2.05) is 31.3 Å². The maximum Gasteiger partial charge on any atom is 0.293 e. The van der Waals surface area contributed by atoms with Crippen LogP contribution in [0.1, 0.15) is 27.8 Å². The van der Waals surface area contributed by atoms with E-state index >= 15 is 0 Å². The average molecular weight is 442 g/mol. The number of nitrogens with one attached hydrogen (secondary N) is 1. The first kappa shape index (κ1) is 20.5. The molecular formula is C24H19FN6O2. The number of halogens is 1. The Kier molecular flexibility index (Phi) is 4.93. The first-order valence-electron chi connectivity index (χ1n) is 10.2. The number of nitrogens with zero attached hydrogens (tertiary/aromatic N) is 5. The Hall–Kier alpha value is -4.40. The number of anilines is 1. The van der Waals surface area contributed by atoms with E-state index in [1.54, 1.807) is 30.6 Å². The number of fused-ring (bicyclic) bond motifs is 1. The number of pyridine rings is 1. The Morgan fingerprint density at radius 2 is 1.88 bits per heavy atom. The molecule has 0 saturated heterocycles. The summed E-state index contributed by atoms with van der Waals surface area (Å²) in [5.74, 6) is 0.00626. The van der Waals surface area contributed by atoms with Crippen LogP contribution < -0.4 is 5.32 Å². The van der Waals surface area contributed by atoms with Crippen molar-refractivity contribution in [3.05, 3.63) is 83.8 Å². The van der Waals surface area contributed by atoms with E-state index < -0.39 is 11.7 Å². The summed E-state index contributed by atoms with van der Waals surface area (Å²) in [6.07, 6.45) is 5.22. The second-order valence-electron chi connectivity index (χ2n) is 7.64. The van der Waals surface area contributed by atoms with Crippen LogP contribution in [0.4, 0.5) is 10.1 Å². The Morgan fingerprint density at radius 3 is 2.64 bits per heavy atom. The number of carbonyl (C=O) groups is 1. The molecule has 0 bridgehead atoms. The van der Waals surface area contributed by atoms with E-state index in [1.165, 1.54) is 18.2 Å². The number of rotatable bonds is 4. The van der Waals surface area contributed by atoms with Gasteiger partial charge in [-0.25, -0.2) is 19.3 Å². The van der Waals surface area contributed by atoms with Crippen LogP contribution in [0.25, 0.3) is 28.3 Å². The molecule has 0 unspecified atom stereocenters. The van der Waals surface area contributed by atoms with Gasteiger partial charge in [-0.05, 0) is 44.2 Å². The molecule has 0 radical (unpaired) electrons. The second kappa shape index (κ2) is 7.94. The second-order valence-corrected chi connectivity index (χ2v) is 7.64. The first-order valence-corrected chi connectivity index (χ1v) is 10.2. The molecule has 1 aromatic carbocycles. The van der Waals surface area contributed by atoms with Crippen molar-refractivity contribution in [1.29, 1.82) is 0 Å². The molecule has 0 aliphatic heterocycles. The molecule has 0 aliphatic rings. The Balaban J connectivity index is 1.48. The van der Waals surface area contributed by atoms with Crippen molar-refractivity contribution >= 4 is 17.4 Å². The smallest absolute Gasteiger partial charge is 0.293 e. The van der Waals surface area contributed by atoms with Gasteiger partial charge in [0.25, 0.3) is 5.91 Å². The monoisotopic (exact) mass is 442 g/mol. The third-order valence-electron chi connectivity index (χ3n) is 5.10. The van der Waals surface area contributed by atoms with Crippen LogP contribution in [0.15, 0.2) is 59.4 Å². The van der Waals surface area contributed by atoms with Gasteiger partial charge < -0.3 is 9.73 Å². The van der Waals surface area contributed by atoms with Gasteiger partial charge in [0.05, 0.1) is 17.1 Å². The van der Waals surface area contributed by atoms with Crippen molar-refractivity contribution in [2.45, 2.75) is 20.8 Å². The zero-order valence-electron chi connectivity index (χ0n) is 18.1. The highest BCUT2D eigenvalue weighted by Crippen LogP contribution is 2.27. The summed E-state index contributed by atoms with van der Waals surface area (Å²) < 4.78 is 21.8. The minimum Gasteiger partial charge on any atom is -0.436 e. The van der Waals surface area contributed by atoms with Crippen LogP contribution in [-0.2, 0) is 0 Å². The SMILES string of the molecule is Cc1cccc(-c2cnc3nc(-c4cc(NC(=O)c5oc(C)nc5C)ccc4F)cn3c2)n1. The van der Waals surface area contributed by atoms with Crippen molar-refractivity contribution < 1.29 is 13.6 Å². The van der Waals surface area contributed by atoms with Crippen molar-refractivity contribution in [2.75, 3.05) is 5.32 Å². The fourth-order valence-corrected chi connectivity index (χ4v) is 3.58. The first-order chi connectivity index (χ1) is 15.9. The topological polar surface area (TPSA) is 98.2 Å². The van der Waals surface area contributed by atoms with Crippen molar-refractivity contribution in [3.8, 4) is 22.5 Å². The number of carbonyl (C=O) groups excluding carboxylic acids is 1. The molecule has 164 valence electrons. The average Bonchev–Trinajstić information content (AvgIpc) is 3.36. The van der Waals surface area contributed by atoms with Crippen molar-refractivity contribution in [1.82, 2.24) is 24.3 Å². The lowest BCUT2D eigenvalue weighted by molar-refractivity contribution is 0.0994. The third-order valence-corrected chi connectivity index (χ3v) is 5.10. The van der Waals surface area contributed by atoms with Gasteiger partial charge in [-0.15, -0.1) is 0 Å². The van der Waals surface area contributed by atoms with Crippen LogP contribution in [-0.4, -0.2) is 30.2 Å². The van der Waals surface area contributed by atoms with Crippen LogP contribution in [0, 0.1) is 26.6 Å². The Labute approximate surface area is 188 Å². The highest BCUT2D eigenvalue weighted by Gasteiger charge is 2.18. The van der Waals surface area contributed by atoms with Crippen LogP contribution >= 0.6 is 0 Å². The maximum atomic E-state index is 14.7. The van der Waals surface area contributed by atoms with E-state index in [2.05, 4.69) is 25.3 Å². The van der Waals surface area contributed by atoms with Crippen molar-refractivity contribution in [3.63, 3.8) is 0 Å². The summed E-state index contributed by atoms with van der Waals surface area (Å²) in [4.78, 5) is 30.0. The zero-order chi connectivity index (χ0) is 23.1. The predicted molar refractivity (Wildman–Crippen MR) is 120 cm³/mol. The zero-order valence-corrected chi connectivity index (χ0v) is 18.1. The molecule has 5 rings (SSSR count). The molecule has 1 N–H and O–H groups in total. The number of aryl methyl sites for hydroxylation is 3. The summed E-state index contributed by atoms with van der Waals surface area (Å²) in [5.41, 5.74) is 4.01. The molecule has 0 spiro atoms. The van der Waals surface area contributed by atoms with Gasteiger partial charge in [0.2, 0.25) is 11.5 Å². The lowest BCUT2D eigenvalue weighted by Gasteiger charge is -2.06. The molecule has 33 heavy (non-hydrogen) atoms. The van der Waals surface area contributed by atoms with E-state index in [0.717, 1.165) is 17.0 Å². The number of imidazole rings is 1. The van der Waals surface area contributed by atoms with Crippen LogP contribution in [0.3, 0.4) is 0 Å². The molecule has 0 aliphatic carbocycles. The molecule has 8 nitrogen and oxygen atoms in total. The Bertz CT molecular complexity index is 1520. The molecule has 9 heteroatoms. The van der Waals surface area contributed by atoms with Crippen LogP contribution in [0.5, 0.6) is 0 Å². The Morgan fingerprint density at radius 1 is 1.03 bits per heavy atom. The standard InChI is InChI=1S/C24H19FN6O2/c1-13-5-4-6-20(27-13)16-10-26-24-30-21(12-31(24)11-16)18-9-17(7-8-19(18)25)29-23(32)22-14(2)28-15(3)33-22/h4-12H,1-3H3,(H,29,32). The fraction of sp³-hybridized carbons (Fsp3) is 0.125.